The van der Waals surface area contributed by atoms with E-state index in [2.05, 4.69) is 199 Å². The SMILES string of the molecule is [2H]c1cc2c3c(cc4c([2H])cc5c6c(cc1c3c46)B1c3ccccc3N(c3ccccc3)c3cc(Br)cc-5c31)B1c3ccccc3N(c3ccccc3)c3cc(Br)cc-2c31. The first-order valence-corrected chi connectivity index (χ1v) is 21.4. The zero-order valence-electron chi connectivity index (χ0n) is 32.8. The zero-order chi connectivity index (χ0) is 39.7. The van der Waals surface area contributed by atoms with Crippen LogP contribution < -0.4 is 42.6 Å². The van der Waals surface area contributed by atoms with E-state index in [1.54, 1.807) is 0 Å². The topological polar surface area (TPSA) is 6.48 Å². The molecule has 0 amide bonds. The Hall–Kier alpha value is -6.07. The molecule has 14 rings (SSSR count). The molecule has 0 aliphatic carbocycles. The van der Waals surface area contributed by atoms with E-state index in [0.29, 0.717) is 12.1 Å². The van der Waals surface area contributed by atoms with Crippen molar-refractivity contribution in [1.29, 1.82) is 0 Å². The number of nitrogens with zero attached hydrogens (tertiary/aromatic N) is 2. The molecule has 4 aliphatic rings. The Kier molecular flexibility index (Phi) is 5.87. The van der Waals surface area contributed by atoms with Gasteiger partial charge in [0.1, 0.15) is 0 Å². The minimum atomic E-state index is -0.0603. The van der Waals surface area contributed by atoms with E-state index in [0.717, 1.165) is 86.9 Å². The molecule has 0 spiro atoms. The Morgan fingerprint density at radius 1 is 0.379 bits per heavy atom. The maximum Gasteiger partial charge on any atom is 0.248 e. The lowest BCUT2D eigenvalue weighted by Crippen LogP contribution is -2.60. The van der Waals surface area contributed by atoms with Gasteiger partial charge in [-0.05, 0) is 137 Å². The van der Waals surface area contributed by atoms with Gasteiger partial charge in [0.2, 0.25) is 13.4 Å². The summed E-state index contributed by atoms with van der Waals surface area (Å²) in [5.74, 6) is 0. The lowest BCUT2D eigenvalue weighted by molar-refractivity contribution is 1.29. The first kappa shape index (κ1) is 30.1. The molecule has 0 saturated carbocycles. The van der Waals surface area contributed by atoms with Crippen molar-refractivity contribution in [3.63, 3.8) is 0 Å². The van der Waals surface area contributed by atoms with E-state index in [9.17, 15) is 2.74 Å². The maximum absolute atomic E-state index is 9.95. The van der Waals surface area contributed by atoms with Gasteiger partial charge in [0.15, 0.2) is 0 Å². The summed E-state index contributed by atoms with van der Waals surface area (Å²) in [6, 6.07) is 57.9. The molecule has 6 heteroatoms. The first-order chi connectivity index (χ1) is 29.4. The van der Waals surface area contributed by atoms with Crippen molar-refractivity contribution >= 4 is 145 Å². The fourth-order valence-electron chi connectivity index (χ4n) is 11.2. The Labute approximate surface area is 355 Å². The average molecular weight is 864 g/mol. The van der Waals surface area contributed by atoms with Crippen molar-refractivity contribution in [2.45, 2.75) is 0 Å². The van der Waals surface area contributed by atoms with Crippen LogP contribution in [0.4, 0.5) is 34.1 Å². The van der Waals surface area contributed by atoms with Crippen LogP contribution in [-0.2, 0) is 0 Å². The van der Waals surface area contributed by atoms with Gasteiger partial charge in [0.25, 0.3) is 0 Å². The molecule has 10 aromatic carbocycles. The zero-order valence-corrected chi connectivity index (χ0v) is 34.0. The average Bonchev–Trinajstić information content (AvgIpc) is 3.27. The lowest BCUT2D eigenvalue weighted by atomic mass is 9.31. The Morgan fingerprint density at radius 3 is 1.24 bits per heavy atom. The van der Waals surface area contributed by atoms with Crippen LogP contribution in [0.5, 0.6) is 0 Å². The van der Waals surface area contributed by atoms with Gasteiger partial charge in [0.05, 0.1) is 2.74 Å². The number of benzene rings is 10. The maximum atomic E-state index is 9.95. The minimum absolute atomic E-state index is 0.0603. The van der Waals surface area contributed by atoms with Crippen molar-refractivity contribution in [1.82, 2.24) is 0 Å². The van der Waals surface area contributed by atoms with Gasteiger partial charge >= 0.3 is 0 Å². The largest absolute Gasteiger partial charge is 0.311 e. The van der Waals surface area contributed by atoms with Crippen molar-refractivity contribution < 1.29 is 2.74 Å². The van der Waals surface area contributed by atoms with E-state index in [1.165, 1.54) is 43.5 Å². The van der Waals surface area contributed by atoms with Gasteiger partial charge in [0, 0.05) is 43.1 Å². The number of fused-ring (bicyclic) bond motifs is 8. The molecule has 0 bridgehead atoms. The summed E-state index contributed by atoms with van der Waals surface area (Å²) in [5.41, 5.74) is 18.6. The number of hydrogen-bond acceptors (Lipinski definition) is 2. The third-order valence-corrected chi connectivity index (χ3v) is 14.2. The molecular weight excluding hydrogens is 834 g/mol. The van der Waals surface area contributed by atoms with Gasteiger partial charge in [-0.2, -0.15) is 0 Å². The summed E-state index contributed by atoms with van der Waals surface area (Å²) < 4.78 is 21.9. The fraction of sp³-hybridized carbons (Fsp3) is 0. The Balaban J connectivity index is 1.14. The second kappa shape index (κ2) is 11.3. The van der Waals surface area contributed by atoms with E-state index in [1.807, 2.05) is 0 Å². The second-order valence-electron chi connectivity index (χ2n) is 16.0. The van der Waals surface area contributed by atoms with Crippen LogP contribution >= 0.6 is 31.9 Å². The summed E-state index contributed by atoms with van der Waals surface area (Å²) >= 11 is 7.92. The number of rotatable bonds is 2. The third kappa shape index (κ3) is 3.95. The monoisotopic (exact) mass is 862 g/mol. The smallest absolute Gasteiger partial charge is 0.248 e. The molecule has 0 radical (unpaired) electrons. The van der Waals surface area contributed by atoms with Crippen LogP contribution in [0.2, 0.25) is 0 Å². The Morgan fingerprint density at radius 2 is 0.793 bits per heavy atom. The molecule has 0 unspecified atom stereocenters. The van der Waals surface area contributed by atoms with E-state index in [-0.39, 0.29) is 13.4 Å². The van der Waals surface area contributed by atoms with Gasteiger partial charge in [-0.25, -0.2) is 0 Å². The van der Waals surface area contributed by atoms with E-state index >= 15 is 0 Å². The number of hydrogen-bond donors (Lipinski definition) is 0. The summed E-state index contributed by atoms with van der Waals surface area (Å²) in [5, 5.41) is 6.48. The van der Waals surface area contributed by atoms with Crippen LogP contribution in [-0.4, -0.2) is 13.4 Å². The molecule has 0 aromatic heterocycles. The van der Waals surface area contributed by atoms with Crippen LogP contribution in [0.3, 0.4) is 0 Å². The minimum Gasteiger partial charge on any atom is -0.311 e. The predicted octanol–water partition coefficient (Wildman–Crippen LogP) is 10.7. The number of halogens is 2. The standard InChI is InChI=1S/C52H28B2Br2N2/c55-31-25-37-35-21-19-30-24-42-50-36(38-26-32(56)28-46-52(38)54(42)40-16-8-10-18-44(40)58(46)34-13-5-2-6-14-34)22-20-29-23-41(49(35)47(30)48(29)50)53-39-15-7-9-17-43(39)57(45(27-31)51(37)53)33-11-3-1-4-12-33/h1-28H/i19D,20D. The first-order valence-electron chi connectivity index (χ1n) is 20.8. The highest BCUT2D eigenvalue weighted by atomic mass is 79.9. The third-order valence-electron chi connectivity index (χ3n) is 13.3. The van der Waals surface area contributed by atoms with Gasteiger partial charge in [-0.3, -0.25) is 0 Å². The van der Waals surface area contributed by atoms with Gasteiger partial charge in [-0.1, -0.05) is 152 Å². The summed E-state index contributed by atoms with van der Waals surface area (Å²) in [7, 11) is 0. The highest BCUT2D eigenvalue weighted by Crippen LogP contribution is 2.49. The van der Waals surface area contributed by atoms with Gasteiger partial charge in [-0.15, -0.1) is 0 Å². The van der Waals surface area contributed by atoms with E-state index in [4.69, 9.17) is 0 Å². The molecule has 0 N–H and O–H groups in total. The van der Waals surface area contributed by atoms with Crippen LogP contribution in [0.15, 0.2) is 179 Å². The molecule has 266 valence electrons. The van der Waals surface area contributed by atoms with Gasteiger partial charge < -0.3 is 9.80 Å². The number of para-hydroxylation sites is 4. The van der Waals surface area contributed by atoms with Crippen molar-refractivity contribution in [2.24, 2.45) is 0 Å². The van der Waals surface area contributed by atoms with Crippen LogP contribution in [0, 0.1) is 0 Å². The summed E-state index contributed by atoms with van der Waals surface area (Å²) in [6.07, 6.45) is 0. The molecule has 4 heterocycles. The lowest BCUT2D eigenvalue weighted by Gasteiger charge is -2.42. The molecule has 4 aliphatic heterocycles. The molecule has 0 fully saturated rings. The summed E-state index contributed by atoms with van der Waals surface area (Å²) in [6.45, 7) is -0.121. The second-order valence-corrected chi connectivity index (χ2v) is 17.9. The van der Waals surface area contributed by atoms with E-state index < -0.39 is 0 Å². The van der Waals surface area contributed by atoms with Crippen molar-refractivity contribution in [3.8, 4) is 22.3 Å². The van der Waals surface area contributed by atoms with Crippen molar-refractivity contribution in [3.05, 3.63) is 179 Å². The molecule has 58 heavy (non-hydrogen) atoms. The highest BCUT2D eigenvalue weighted by Gasteiger charge is 2.44. The van der Waals surface area contributed by atoms with Crippen molar-refractivity contribution in [2.75, 3.05) is 9.80 Å². The Bertz CT molecular complexity index is 3340. The normalized spacial score (nSPS) is 14.4. The highest BCUT2D eigenvalue weighted by molar-refractivity contribution is 9.10. The van der Waals surface area contributed by atoms with Crippen LogP contribution in [0.1, 0.15) is 2.74 Å². The number of anilines is 6. The molecule has 0 saturated heterocycles. The van der Waals surface area contributed by atoms with Crippen LogP contribution in [0.25, 0.3) is 54.6 Å². The molecule has 0 atom stereocenters. The molecular formula is C52H28B2Br2N2. The quantitative estimate of drug-likeness (QED) is 0.126. The fourth-order valence-corrected chi connectivity index (χ4v) is 12.1. The predicted molar refractivity (Wildman–Crippen MR) is 255 cm³/mol. The molecule has 2 nitrogen and oxygen atoms in total. The molecule has 10 aromatic rings. The summed E-state index contributed by atoms with van der Waals surface area (Å²) in [4.78, 5) is 4.79.